The number of carboxylic acid groups (broad SMARTS) is 1. The third-order valence-electron chi connectivity index (χ3n) is 5.64. The van der Waals surface area contributed by atoms with Gasteiger partial charge in [0.05, 0.1) is 24.7 Å². The van der Waals surface area contributed by atoms with Crippen LogP contribution in [-0.4, -0.2) is 40.7 Å². The summed E-state index contributed by atoms with van der Waals surface area (Å²) < 4.78 is 5.52. The van der Waals surface area contributed by atoms with Gasteiger partial charge in [-0.1, -0.05) is 48.5 Å². The molecule has 0 spiro atoms. The molecule has 1 aromatic heterocycles. The zero-order valence-corrected chi connectivity index (χ0v) is 18.7. The molecule has 0 unspecified atom stereocenters. The van der Waals surface area contributed by atoms with E-state index < -0.39 is 18.1 Å². The van der Waals surface area contributed by atoms with Gasteiger partial charge in [-0.05, 0) is 41.3 Å². The monoisotopic (exact) mass is 459 g/mol. The lowest BCUT2D eigenvalue weighted by Crippen LogP contribution is -2.35. The first-order valence-corrected chi connectivity index (χ1v) is 11.0. The SMILES string of the molecule is C[C@H](CC(=O)O)NC(=O)Cc1ccc(NC(=O)OCC2c3ccccc3-c3ccccc32)cn1. The molecule has 34 heavy (non-hydrogen) atoms. The number of hydrogen-bond acceptors (Lipinski definition) is 5. The molecule has 3 N–H and O–H groups in total. The minimum atomic E-state index is -0.977. The lowest BCUT2D eigenvalue weighted by Gasteiger charge is -2.14. The number of anilines is 1. The van der Waals surface area contributed by atoms with Crippen molar-refractivity contribution in [2.45, 2.75) is 31.7 Å². The van der Waals surface area contributed by atoms with Gasteiger partial charge in [-0.25, -0.2) is 4.79 Å². The molecule has 2 aromatic carbocycles. The second kappa shape index (κ2) is 10.2. The highest BCUT2D eigenvalue weighted by Crippen LogP contribution is 2.44. The topological polar surface area (TPSA) is 118 Å². The zero-order valence-electron chi connectivity index (χ0n) is 18.7. The van der Waals surface area contributed by atoms with Crippen LogP contribution in [0.2, 0.25) is 0 Å². The van der Waals surface area contributed by atoms with E-state index in [1.54, 1.807) is 19.1 Å². The number of fused-ring (bicyclic) bond motifs is 3. The number of carbonyl (C=O) groups is 3. The predicted molar refractivity (Wildman–Crippen MR) is 126 cm³/mol. The van der Waals surface area contributed by atoms with Crippen LogP contribution in [0.15, 0.2) is 66.9 Å². The molecule has 0 fully saturated rings. The normalized spacial score (nSPS) is 12.9. The summed E-state index contributed by atoms with van der Waals surface area (Å²) in [7, 11) is 0. The Morgan fingerprint density at radius 1 is 1.00 bits per heavy atom. The smallest absolute Gasteiger partial charge is 0.411 e. The van der Waals surface area contributed by atoms with Crippen molar-refractivity contribution in [3.63, 3.8) is 0 Å². The van der Waals surface area contributed by atoms with E-state index in [1.807, 2.05) is 24.3 Å². The van der Waals surface area contributed by atoms with Gasteiger partial charge in [0.2, 0.25) is 5.91 Å². The molecule has 8 heteroatoms. The summed E-state index contributed by atoms with van der Waals surface area (Å²) in [5.74, 6) is -1.33. The standard InChI is InChI=1S/C26H25N3O5/c1-16(12-25(31)32)28-24(30)13-17-10-11-18(14-27-17)29-26(33)34-15-23-21-8-4-2-6-19(21)20-7-3-5-9-22(20)23/h2-11,14,16,23H,12-13,15H2,1H3,(H,28,30)(H,29,33)(H,31,32)/t16-/m1/s1. The highest BCUT2D eigenvalue weighted by molar-refractivity contribution is 5.85. The summed E-state index contributed by atoms with van der Waals surface area (Å²) in [6.45, 7) is 1.83. The van der Waals surface area contributed by atoms with Crippen LogP contribution in [0, 0.1) is 0 Å². The number of amides is 2. The molecule has 1 heterocycles. The molecule has 2 amide bonds. The van der Waals surface area contributed by atoms with Gasteiger partial charge in [0, 0.05) is 17.7 Å². The number of hydrogen-bond donors (Lipinski definition) is 3. The Balaban J connectivity index is 1.30. The molecule has 1 aliphatic rings. The van der Waals surface area contributed by atoms with Gasteiger partial charge < -0.3 is 15.2 Å². The maximum Gasteiger partial charge on any atom is 0.411 e. The Morgan fingerprint density at radius 3 is 2.24 bits per heavy atom. The van der Waals surface area contributed by atoms with Crippen LogP contribution in [0.1, 0.15) is 36.1 Å². The van der Waals surface area contributed by atoms with Gasteiger partial charge >= 0.3 is 12.1 Å². The Hall–Kier alpha value is -4.20. The number of aromatic nitrogens is 1. The van der Waals surface area contributed by atoms with Gasteiger partial charge in [-0.15, -0.1) is 0 Å². The maximum absolute atomic E-state index is 12.4. The first-order valence-electron chi connectivity index (χ1n) is 11.0. The summed E-state index contributed by atoms with van der Waals surface area (Å²) in [6.07, 6.45) is 0.721. The molecule has 0 aliphatic heterocycles. The predicted octanol–water partition coefficient (Wildman–Crippen LogP) is 3.96. The van der Waals surface area contributed by atoms with Gasteiger partial charge in [0.1, 0.15) is 6.61 Å². The highest BCUT2D eigenvalue weighted by atomic mass is 16.5. The van der Waals surface area contributed by atoms with E-state index in [9.17, 15) is 14.4 Å². The fourth-order valence-corrected chi connectivity index (χ4v) is 4.16. The fraction of sp³-hybridized carbons (Fsp3) is 0.231. The average molecular weight is 460 g/mol. The number of rotatable bonds is 8. The van der Waals surface area contributed by atoms with Crippen LogP contribution in [-0.2, 0) is 20.7 Å². The number of nitrogens with one attached hydrogen (secondary N) is 2. The molecule has 1 atom stereocenters. The van der Waals surface area contributed by atoms with Crippen molar-refractivity contribution in [2.24, 2.45) is 0 Å². The van der Waals surface area contributed by atoms with Gasteiger partial charge in [-0.3, -0.25) is 19.9 Å². The lowest BCUT2D eigenvalue weighted by molar-refractivity contribution is -0.137. The quantitative estimate of drug-likeness (QED) is 0.469. The van der Waals surface area contributed by atoms with Gasteiger partial charge in [0.25, 0.3) is 0 Å². The Labute approximate surface area is 197 Å². The second-order valence-electron chi connectivity index (χ2n) is 8.23. The summed E-state index contributed by atoms with van der Waals surface area (Å²) in [6, 6.07) is 19.0. The van der Waals surface area contributed by atoms with Crippen molar-refractivity contribution in [1.82, 2.24) is 10.3 Å². The molecule has 3 aromatic rings. The van der Waals surface area contributed by atoms with Crippen molar-refractivity contribution >= 4 is 23.7 Å². The number of carbonyl (C=O) groups excluding carboxylic acids is 2. The Kier molecular flexibility index (Phi) is 6.87. The van der Waals surface area contributed by atoms with Crippen LogP contribution in [0.25, 0.3) is 11.1 Å². The largest absolute Gasteiger partial charge is 0.481 e. The van der Waals surface area contributed by atoms with Crippen LogP contribution < -0.4 is 10.6 Å². The van der Waals surface area contributed by atoms with Crippen molar-refractivity contribution in [1.29, 1.82) is 0 Å². The first kappa shape index (κ1) is 23.0. The van der Waals surface area contributed by atoms with E-state index in [4.69, 9.17) is 9.84 Å². The van der Waals surface area contributed by atoms with Crippen molar-refractivity contribution < 1.29 is 24.2 Å². The molecule has 4 rings (SSSR count). The maximum atomic E-state index is 12.4. The number of pyridine rings is 1. The van der Waals surface area contributed by atoms with E-state index in [0.29, 0.717) is 11.4 Å². The molecular formula is C26H25N3O5. The van der Waals surface area contributed by atoms with E-state index in [2.05, 4.69) is 39.9 Å². The molecule has 0 saturated heterocycles. The number of nitrogens with zero attached hydrogens (tertiary/aromatic N) is 1. The second-order valence-corrected chi connectivity index (χ2v) is 8.23. The van der Waals surface area contributed by atoms with Crippen molar-refractivity contribution in [3.05, 3.63) is 83.7 Å². The third kappa shape index (κ3) is 5.40. The first-order chi connectivity index (χ1) is 16.4. The minimum Gasteiger partial charge on any atom is -0.481 e. The molecule has 1 aliphatic carbocycles. The minimum absolute atomic E-state index is 0.00911. The molecule has 174 valence electrons. The molecule has 0 saturated carbocycles. The van der Waals surface area contributed by atoms with E-state index in [1.165, 1.54) is 6.20 Å². The van der Waals surface area contributed by atoms with Crippen molar-refractivity contribution in [2.75, 3.05) is 11.9 Å². The Bertz CT molecular complexity index is 1160. The fourth-order valence-electron chi connectivity index (χ4n) is 4.16. The number of carboxylic acids is 1. The van der Waals surface area contributed by atoms with Gasteiger partial charge in [0.15, 0.2) is 0 Å². The number of benzene rings is 2. The summed E-state index contributed by atoms with van der Waals surface area (Å²) in [5, 5.41) is 14.0. The number of aliphatic carboxylic acids is 1. The molecular weight excluding hydrogens is 434 g/mol. The van der Waals surface area contributed by atoms with E-state index in [0.717, 1.165) is 22.3 Å². The van der Waals surface area contributed by atoms with Crippen molar-refractivity contribution in [3.8, 4) is 11.1 Å². The molecule has 0 radical (unpaired) electrons. The summed E-state index contributed by atoms with van der Waals surface area (Å²) in [5.41, 5.74) is 5.54. The number of ether oxygens (including phenoxy) is 1. The summed E-state index contributed by atoms with van der Waals surface area (Å²) >= 11 is 0. The van der Waals surface area contributed by atoms with E-state index in [-0.39, 0.29) is 31.3 Å². The van der Waals surface area contributed by atoms with Crippen LogP contribution in [0.3, 0.4) is 0 Å². The van der Waals surface area contributed by atoms with Crippen LogP contribution in [0.5, 0.6) is 0 Å². The summed E-state index contributed by atoms with van der Waals surface area (Å²) in [4.78, 5) is 39.3. The van der Waals surface area contributed by atoms with Crippen LogP contribution in [0.4, 0.5) is 10.5 Å². The van der Waals surface area contributed by atoms with E-state index >= 15 is 0 Å². The molecule has 8 nitrogen and oxygen atoms in total. The third-order valence-corrected chi connectivity index (χ3v) is 5.64. The average Bonchev–Trinajstić information content (AvgIpc) is 3.12. The zero-order chi connectivity index (χ0) is 24.1. The lowest BCUT2D eigenvalue weighted by atomic mass is 9.98. The van der Waals surface area contributed by atoms with Crippen LogP contribution >= 0.6 is 0 Å². The van der Waals surface area contributed by atoms with Gasteiger partial charge in [-0.2, -0.15) is 0 Å². The highest BCUT2D eigenvalue weighted by Gasteiger charge is 2.29. The Morgan fingerprint density at radius 2 is 1.65 bits per heavy atom. The molecule has 0 bridgehead atoms.